The maximum atomic E-state index is 5.92. The van der Waals surface area contributed by atoms with Gasteiger partial charge in [-0.15, -0.1) is 0 Å². The molecule has 0 rings (SSSR count). The lowest BCUT2D eigenvalue weighted by Gasteiger charge is -2.09. The molecule has 0 heterocycles. The Bertz CT molecular complexity index is 85.9. The van der Waals surface area contributed by atoms with E-state index in [1.165, 1.54) is 25.7 Å². The molecule has 0 aromatic carbocycles. The lowest BCUT2D eigenvalue weighted by Crippen LogP contribution is -2.05. The molecule has 1 unspecified atom stereocenters. The van der Waals surface area contributed by atoms with Crippen molar-refractivity contribution in [3.8, 4) is 0 Å². The smallest absolute Gasteiger partial charge is 0.131 e. The van der Waals surface area contributed by atoms with Crippen molar-refractivity contribution in [3.05, 3.63) is 0 Å². The van der Waals surface area contributed by atoms with Crippen LogP contribution < -0.4 is 0 Å². The monoisotopic (exact) mass is 192 g/mol. The summed E-state index contributed by atoms with van der Waals surface area (Å²) >= 11 is 5.92. The van der Waals surface area contributed by atoms with Gasteiger partial charge in [-0.25, -0.2) is 0 Å². The summed E-state index contributed by atoms with van der Waals surface area (Å²) in [5.41, 5.74) is -0.0539. The number of halogens is 1. The minimum absolute atomic E-state index is 0.0539. The van der Waals surface area contributed by atoms with E-state index in [4.69, 9.17) is 16.3 Å². The van der Waals surface area contributed by atoms with Crippen LogP contribution in [0.4, 0.5) is 0 Å². The van der Waals surface area contributed by atoms with Crippen LogP contribution in [0.3, 0.4) is 0 Å². The second-order valence-corrected chi connectivity index (χ2v) is 3.62. The first-order valence-corrected chi connectivity index (χ1v) is 5.50. The Hall–Kier alpha value is 0.250. The zero-order chi connectivity index (χ0) is 9.23. The highest BCUT2D eigenvalue weighted by atomic mass is 35.5. The third kappa shape index (κ3) is 8.35. The van der Waals surface area contributed by atoms with Gasteiger partial charge in [-0.05, 0) is 19.3 Å². The molecule has 0 aliphatic rings. The molecule has 0 saturated heterocycles. The molecule has 74 valence electrons. The summed E-state index contributed by atoms with van der Waals surface area (Å²) in [7, 11) is 0. The number of hydrogen-bond acceptors (Lipinski definition) is 1. The predicted octanol–water partition coefficient (Wildman–Crippen LogP) is 3.95. The summed E-state index contributed by atoms with van der Waals surface area (Å²) in [6, 6.07) is 0. The average molecular weight is 193 g/mol. The Morgan fingerprint density at radius 1 is 1.08 bits per heavy atom. The third-order valence-corrected chi connectivity index (χ3v) is 2.18. The first-order valence-electron chi connectivity index (χ1n) is 5.07. The van der Waals surface area contributed by atoms with Crippen molar-refractivity contribution in [1.82, 2.24) is 0 Å². The number of hydrogen-bond donors (Lipinski definition) is 0. The molecule has 12 heavy (non-hydrogen) atoms. The normalized spacial score (nSPS) is 13.2. The Labute approximate surface area is 81.4 Å². The maximum absolute atomic E-state index is 5.92. The average Bonchev–Trinajstić information content (AvgIpc) is 2.09. The molecule has 0 aromatic heterocycles. The first kappa shape index (κ1) is 12.2. The Balaban J connectivity index is 3.02. The van der Waals surface area contributed by atoms with E-state index in [-0.39, 0.29) is 5.56 Å². The zero-order valence-corrected chi connectivity index (χ0v) is 9.07. The van der Waals surface area contributed by atoms with E-state index in [0.717, 1.165) is 19.4 Å². The van der Waals surface area contributed by atoms with E-state index >= 15 is 0 Å². The summed E-state index contributed by atoms with van der Waals surface area (Å²) in [5, 5.41) is 0. The predicted molar refractivity (Wildman–Crippen MR) is 54.6 cm³/mol. The molecule has 0 aliphatic carbocycles. The lowest BCUT2D eigenvalue weighted by molar-refractivity contribution is 0.0970. The fraction of sp³-hybridized carbons (Fsp3) is 1.00. The van der Waals surface area contributed by atoms with Crippen LogP contribution in [0.5, 0.6) is 0 Å². The molecule has 0 radical (unpaired) electrons. The van der Waals surface area contributed by atoms with E-state index < -0.39 is 0 Å². The van der Waals surface area contributed by atoms with Gasteiger partial charge in [0.05, 0.1) is 0 Å². The fourth-order valence-electron chi connectivity index (χ4n) is 1.01. The van der Waals surface area contributed by atoms with Gasteiger partial charge < -0.3 is 4.74 Å². The van der Waals surface area contributed by atoms with Crippen molar-refractivity contribution in [2.45, 2.75) is 57.9 Å². The van der Waals surface area contributed by atoms with Crippen molar-refractivity contribution < 1.29 is 4.74 Å². The SMILES string of the molecule is CCCCCOC(Cl)CCCC. The molecule has 0 N–H and O–H groups in total. The molecular formula is C10H21ClO. The van der Waals surface area contributed by atoms with E-state index in [1.807, 2.05) is 0 Å². The highest BCUT2D eigenvalue weighted by molar-refractivity contribution is 6.19. The van der Waals surface area contributed by atoms with Crippen LogP contribution in [0.15, 0.2) is 0 Å². The summed E-state index contributed by atoms with van der Waals surface area (Å²) in [4.78, 5) is 0. The molecule has 0 bridgehead atoms. The van der Waals surface area contributed by atoms with E-state index in [0.29, 0.717) is 0 Å². The third-order valence-electron chi connectivity index (χ3n) is 1.83. The van der Waals surface area contributed by atoms with E-state index in [1.54, 1.807) is 0 Å². The summed E-state index contributed by atoms with van der Waals surface area (Å²) in [5.74, 6) is 0. The first-order chi connectivity index (χ1) is 5.81. The highest BCUT2D eigenvalue weighted by Gasteiger charge is 2.02. The minimum atomic E-state index is -0.0539. The minimum Gasteiger partial charge on any atom is -0.362 e. The van der Waals surface area contributed by atoms with Crippen molar-refractivity contribution in [2.24, 2.45) is 0 Å². The Morgan fingerprint density at radius 2 is 1.75 bits per heavy atom. The van der Waals surface area contributed by atoms with Gasteiger partial charge in [0.15, 0.2) is 0 Å². The summed E-state index contributed by atoms with van der Waals surface area (Å²) < 4.78 is 5.41. The van der Waals surface area contributed by atoms with Crippen LogP contribution in [-0.2, 0) is 4.74 Å². The van der Waals surface area contributed by atoms with Crippen LogP contribution in [-0.4, -0.2) is 12.2 Å². The molecular weight excluding hydrogens is 172 g/mol. The number of ether oxygens (including phenoxy) is 1. The van der Waals surface area contributed by atoms with E-state index in [9.17, 15) is 0 Å². The summed E-state index contributed by atoms with van der Waals surface area (Å²) in [6.07, 6.45) is 6.99. The molecule has 1 atom stereocenters. The van der Waals surface area contributed by atoms with Gasteiger partial charge in [-0.2, -0.15) is 0 Å². The second kappa shape index (κ2) is 9.34. The Kier molecular flexibility index (Phi) is 9.53. The van der Waals surface area contributed by atoms with Crippen LogP contribution in [0, 0.1) is 0 Å². The Morgan fingerprint density at radius 3 is 2.33 bits per heavy atom. The molecule has 0 aromatic rings. The van der Waals surface area contributed by atoms with Gasteiger partial charge in [0.25, 0.3) is 0 Å². The molecule has 0 amide bonds. The summed E-state index contributed by atoms with van der Waals surface area (Å²) in [6.45, 7) is 5.18. The quantitative estimate of drug-likeness (QED) is 0.418. The van der Waals surface area contributed by atoms with Gasteiger partial charge in [-0.3, -0.25) is 0 Å². The lowest BCUT2D eigenvalue weighted by atomic mass is 10.2. The standard InChI is InChI=1S/C10H21ClO/c1-3-5-7-9-12-10(11)8-6-4-2/h10H,3-9H2,1-2H3. The zero-order valence-electron chi connectivity index (χ0n) is 8.31. The molecule has 0 fully saturated rings. The van der Waals surface area contributed by atoms with Gasteiger partial charge in [-0.1, -0.05) is 44.7 Å². The molecule has 2 heteroatoms. The number of rotatable bonds is 8. The second-order valence-electron chi connectivity index (χ2n) is 3.13. The van der Waals surface area contributed by atoms with Gasteiger partial charge in [0, 0.05) is 6.61 Å². The van der Waals surface area contributed by atoms with Gasteiger partial charge in [0.1, 0.15) is 5.56 Å². The molecule has 0 aliphatic heterocycles. The highest BCUT2D eigenvalue weighted by Crippen LogP contribution is 2.09. The maximum Gasteiger partial charge on any atom is 0.131 e. The van der Waals surface area contributed by atoms with Crippen LogP contribution in [0.2, 0.25) is 0 Å². The topological polar surface area (TPSA) is 9.23 Å². The molecule has 0 saturated carbocycles. The van der Waals surface area contributed by atoms with Crippen LogP contribution in [0.1, 0.15) is 52.4 Å². The number of unbranched alkanes of at least 4 members (excludes halogenated alkanes) is 3. The largest absolute Gasteiger partial charge is 0.362 e. The van der Waals surface area contributed by atoms with Crippen molar-refractivity contribution in [3.63, 3.8) is 0 Å². The van der Waals surface area contributed by atoms with Crippen LogP contribution in [0.25, 0.3) is 0 Å². The fourth-order valence-corrected chi connectivity index (χ4v) is 1.25. The van der Waals surface area contributed by atoms with Crippen molar-refractivity contribution in [1.29, 1.82) is 0 Å². The van der Waals surface area contributed by atoms with Crippen LogP contribution >= 0.6 is 11.6 Å². The van der Waals surface area contributed by atoms with Crippen molar-refractivity contribution in [2.75, 3.05) is 6.61 Å². The van der Waals surface area contributed by atoms with Gasteiger partial charge in [0.2, 0.25) is 0 Å². The van der Waals surface area contributed by atoms with Gasteiger partial charge >= 0.3 is 0 Å². The number of alkyl halides is 1. The van der Waals surface area contributed by atoms with E-state index in [2.05, 4.69) is 13.8 Å². The molecule has 0 spiro atoms. The van der Waals surface area contributed by atoms with Crippen molar-refractivity contribution >= 4 is 11.6 Å². The molecule has 1 nitrogen and oxygen atoms in total.